The molecule has 0 aliphatic carbocycles. The fraction of sp³-hybridized carbons (Fsp3) is 0.385. The van der Waals surface area contributed by atoms with Gasteiger partial charge in [-0.3, -0.25) is 4.57 Å². The number of aliphatic hydroxyl groups excluding tert-OH is 2. The summed E-state index contributed by atoms with van der Waals surface area (Å²) in [7, 11) is 1.55. The molecule has 0 saturated carbocycles. The zero-order chi connectivity index (χ0) is 28.5. The summed E-state index contributed by atoms with van der Waals surface area (Å²) in [6.45, 7) is 0.236. The number of benzene rings is 1. The predicted octanol–water partition coefficient (Wildman–Crippen LogP) is 0.432. The van der Waals surface area contributed by atoms with E-state index in [1.54, 1.807) is 28.5 Å². The van der Waals surface area contributed by atoms with Crippen LogP contribution in [0.4, 0.5) is 5.82 Å². The lowest BCUT2D eigenvalue weighted by Gasteiger charge is -2.22. The van der Waals surface area contributed by atoms with Crippen LogP contribution in [0.3, 0.4) is 0 Å². The molecule has 1 aliphatic rings. The van der Waals surface area contributed by atoms with E-state index in [1.165, 1.54) is 18.7 Å². The number of fused-ring (bicyclic) bond motifs is 2. The molecule has 6 rings (SSSR count). The first kappa shape index (κ1) is 26.8. The Morgan fingerprint density at radius 3 is 2.90 bits per heavy atom. The standard InChI is InChI=1S/C26H28N8O7/c1-38-16-4-5-17-14(7-20(36)40-18(17)8-16)9-33-10-15(31-32-33)3-2-6-39-23-22(37)19(11-35)41-26(23)34-13-30-21-24(27)28-12-29-25(21)34/h4-5,7-8,10,12-13,19,22-23,26,35,37H,2-3,6,9,11H2,1H3,(H2,27,28,29)/t19-,22-,23-,26-/m1/s1. The number of hydrogen-bond acceptors (Lipinski definition) is 13. The summed E-state index contributed by atoms with van der Waals surface area (Å²) in [4.78, 5) is 24.5. The number of hydrogen-bond donors (Lipinski definition) is 3. The van der Waals surface area contributed by atoms with E-state index in [-0.39, 0.29) is 19.0 Å². The van der Waals surface area contributed by atoms with Gasteiger partial charge in [0.2, 0.25) is 0 Å². The first-order valence-electron chi connectivity index (χ1n) is 12.9. The average Bonchev–Trinajstić information content (AvgIpc) is 3.68. The Morgan fingerprint density at radius 2 is 2.07 bits per heavy atom. The van der Waals surface area contributed by atoms with Crippen molar-refractivity contribution >= 4 is 28.0 Å². The van der Waals surface area contributed by atoms with Crippen molar-refractivity contribution in [3.05, 3.63) is 64.8 Å². The molecule has 0 bridgehead atoms. The molecular formula is C26H28N8O7. The number of aryl methyl sites for hydroxylation is 1. The normalized spacial score (nSPS) is 20.8. The fourth-order valence-electron chi connectivity index (χ4n) is 4.97. The zero-order valence-corrected chi connectivity index (χ0v) is 22.0. The Hall–Kier alpha value is -4.44. The molecule has 15 nitrogen and oxygen atoms in total. The number of methoxy groups -OCH3 is 1. The van der Waals surface area contributed by atoms with Crippen molar-refractivity contribution in [1.82, 2.24) is 34.5 Å². The third kappa shape index (κ3) is 5.22. The van der Waals surface area contributed by atoms with Crippen LogP contribution >= 0.6 is 0 Å². The third-order valence-corrected chi connectivity index (χ3v) is 7.00. The molecule has 0 spiro atoms. The molecule has 4 N–H and O–H groups in total. The van der Waals surface area contributed by atoms with Crippen LogP contribution < -0.4 is 16.1 Å². The van der Waals surface area contributed by atoms with Crippen molar-refractivity contribution in [3.8, 4) is 5.75 Å². The highest BCUT2D eigenvalue weighted by Crippen LogP contribution is 2.34. The van der Waals surface area contributed by atoms with Crippen LogP contribution in [0, 0.1) is 0 Å². The van der Waals surface area contributed by atoms with E-state index in [9.17, 15) is 15.0 Å². The molecule has 1 aliphatic heterocycles. The van der Waals surface area contributed by atoms with Crippen LogP contribution in [-0.2, 0) is 22.4 Å². The van der Waals surface area contributed by atoms with Crippen LogP contribution in [0.15, 0.2) is 52.3 Å². The Labute approximate surface area is 232 Å². The fourth-order valence-corrected chi connectivity index (χ4v) is 4.97. The van der Waals surface area contributed by atoms with Crippen LogP contribution in [0.25, 0.3) is 22.1 Å². The maximum absolute atomic E-state index is 12.1. The molecule has 5 aromatic rings. The van der Waals surface area contributed by atoms with Gasteiger partial charge in [0.15, 0.2) is 17.7 Å². The molecule has 0 unspecified atom stereocenters. The number of ether oxygens (including phenoxy) is 3. The molecule has 4 atom stereocenters. The SMILES string of the molecule is COc1ccc2c(Cn3cc(CCCO[C@@H]4[C@H](O)[C@@H](CO)O[C@H]4n4cnc5c(N)ncnc54)nn3)cc(=O)oc2c1. The Kier molecular flexibility index (Phi) is 7.32. The maximum Gasteiger partial charge on any atom is 0.336 e. The minimum atomic E-state index is -1.07. The molecule has 5 heterocycles. The van der Waals surface area contributed by atoms with Crippen molar-refractivity contribution in [2.45, 2.75) is 43.9 Å². The van der Waals surface area contributed by atoms with Gasteiger partial charge in [0, 0.05) is 30.3 Å². The number of anilines is 1. The monoisotopic (exact) mass is 564 g/mol. The van der Waals surface area contributed by atoms with E-state index in [2.05, 4.69) is 25.3 Å². The summed E-state index contributed by atoms with van der Waals surface area (Å²) in [5.74, 6) is 0.815. The van der Waals surface area contributed by atoms with Gasteiger partial charge in [-0.2, -0.15) is 0 Å². The second-order valence-electron chi connectivity index (χ2n) is 9.62. The largest absolute Gasteiger partial charge is 0.497 e. The quantitative estimate of drug-likeness (QED) is 0.156. The van der Waals surface area contributed by atoms with Gasteiger partial charge in [-0.25, -0.2) is 24.4 Å². The first-order chi connectivity index (χ1) is 19.9. The summed E-state index contributed by atoms with van der Waals surface area (Å²) in [6.07, 6.45) is 2.30. The second-order valence-corrected chi connectivity index (χ2v) is 9.62. The van der Waals surface area contributed by atoms with Crippen molar-refractivity contribution < 1.29 is 28.8 Å². The highest BCUT2D eigenvalue weighted by molar-refractivity contribution is 5.82. The molecule has 1 saturated heterocycles. The molecule has 214 valence electrons. The van der Waals surface area contributed by atoms with Crippen LogP contribution in [0.5, 0.6) is 5.75 Å². The summed E-state index contributed by atoms with van der Waals surface area (Å²) in [5, 5.41) is 29.7. The number of rotatable bonds is 10. The molecule has 1 aromatic carbocycles. The minimum absolute atomic E-state index is 0.223. The Morgan fingerprint density at radius 1 is 1.20 bits per heavy atom. The summed E-state index contributed by atoms with van der Waals surface area (Å²) in [6, 6.07) is 6.76. The Bertz CT molecular complexity index is 1730. The molecule has 15 heteroatoms. The molecule has 0 radical (unpaired) electrons. The lowest BCUT2D eigenvalue weighted by atomic mass is 10.1. The number of aliphatic hydroxyl groups is 2. The molecular weight excluding hydrogens is 536 g/mol. The molecule has 0 amide bonds. The van der Waals surface area contributed by atoms with Gasteiger partial charge in [0.25, 0.3) is 0 Å². The van der Waals surface area contributed by atoms with Crippen LogP contribution in [0.1, 0.15) is 23.9 Å². The maximum atomic E-state index is 12.1. The highest BCUT2D eigenvalue weighted by atomic mass is 16.6. The van der Waals surface area contributed by atoms with Gasteiger partial charge in [0.1, 0.15) is 41.5 Å². The van der Waals surface area contributed by atoms with E-state index in [0.29, 0.717) is 41.9 Å². The van der Waals surface area contributed by atoms with E-state index < -0.39 is 30.2 Å². The number of imidazole rings is 1. The van der Waals surface area contributed by atoms with Crippen molar-refractivity contribution in [3.63, 3.8) is 0 Å². The second kappa shape index (κ2) is 11.2. The van der Waals surface area contributed by atoms with Crippen molar-refractivity contribution in [2.75, 3.05) is 26.1 Å². The van der Waals surface area contributed by atoms with Crippen molar-refractivity contribution in [1.29, 1.82) is 0 Å². The van der Waals surface area contributed by atoms with Gasteiger partial charge in [-0.15, -0.1) is 5.10 Å². The Balaban J connectivity index is 1.10. The number of nitrogens with two attached hydrogens (primary N) is 1. The average molecular weight is 565 g/mol. The molecule has 4 aromatic heterocycles. The lowest BCUT2D eigenvalue weighted by Crippen LogP contribution is -2.35. The van der Waals surface area contributed by atoms with E-state index in [1.807, 2.05) is 12.3 Å². The summed E-state index contributed by atoms with van der Waals surface area (Å²) in [5.41, 5.74) is 8.20. The topological polar surface area (TPSA) is 199 Å². The zero-order valence-electron chi connectivity index (χ0n) is 22.0. The first-order valence-corrected chi connectivity index (χ1v) is 12.9. The van der Waals surface area contributed by atoms with Crippen LogP contribution in [0.2, 0.25) is 0 Å². The van der Waals surface area contributed by atoms with E-state index >= 15 is 0 Å². The number of nitrogen functional groups attached to an aromatic ring is 1. The predicted molar refractivity (Wildman–Crippen MR) is 143 cm³/mol. The minimum Gasteiger partial charge on any atom is -0.497 e. The smallest absolute Gasteiger partial charge is 0.336 e. The number of nitrogens with zero attached hydrogens (tertiary/aromatic N) is 7. The van der Waals surface area contributed by atoms with Gasteiger partial charge < -0.3 is 34.6 Å². The highest BCUT2D eigenvalue weighted by Gasteiger charge is 2.45. The van der Waals surface area contributed by atoms with E-state index in [4.69, 9.17) is 24.4 Å². The number of aromatic nitrogens is 7. The van der Waals surface area contributed by atoms with Gasteiger partial charge in [-0.1, -0.05) is 5.21 Å². The van der Waals surface area contributed by atoms with Crippen molar-refractivity contribution in [2.24, 2.45) is 0 Å². The summed E-state index contributed by atoms with van der Waals surface area (Å²) < 4.78 is 25.8. The van der Waals surface area contributed by atoms with E-state index in [0.717, 1.165) is 16.6 Å². The molecule has 1 fully saturated rings. The van der Waals surface area contributed by atoms with Gasteiger partial charge >= 0.3 is 5.63 Å². The van der Waals surface area contributed by atoms with Gasteiger partial charge in [0.05, 0.1) is 32.3 Å². The molecule has 41 heavy (non-hydrogen) atoms. The third-order valence-electron chi connectivity index (χ3n) is 7.00. The lowest BCUT2D eigenvalue weighted by molar-refractivity contribution is -0.0708. The summed E-state index contributed by atoms with van der Waals surface area (Å²) >= 11 is 0. The van der Waals surface area contributed by atoms with Crippen LogP contribution in [-0.4, -0.2) is 83.4 Å². The van der Waals surface area contributed by atoms with Gasteiger partial charge in [-0.05, 0) is 30.5 Å².